The van der Waals surface area contributed by atoms with Gasteiger partial charge in [0, 0.05) is 23.4 Å². The van der Waals surface area contributed by atoms with Crippen molar-refractivity contribution in [3.05, 3.63) is 42.2 Å². The maximum absolute atomic E-state index is 10.6. The van der Waals surface area contributed by atoms with Crippen LogP contribution >= 0.6 is 0 Å². The Kier molecular flexibility index (Phi) is 3.57. The Hall–Kier alpha value is -2.36. The molecule has 0 aliphatic heterocycles. The number of nitrogens with zero attached hydrogens (tertiary/aromatic N) is 1. The summed E-state index contributed by atoms with van der Waals surface area (Å²) in [6.45, 7) is 0. The lowest BCUT2D eigenvalue weighted by atomic mass is 10.1. The normalized spacial score (nSPS) is 9.89. The van der Waals surface area contributed by atoms with Crippen LogP contribution in [-0.2, 0) is 0 Å². The third kappa shape index (κ3) is 2.32. The van der Waals surface area contributed by atoms with Gasteiger partial charge in [0.05, 0.1) is 14.2 Å². The molecule has 4 nitrogen and oxygen atoms in total. The highest BCUT2D eigenvalue weighted by atomic mass is 16.5. The summed E-state index contributed by atoms with van der Waals surface area (Å²) >= 11 is 0. The zero-order valence-electron chi connectivity index (χ0n) is 10.2. The smallest absolute Gasteiger partial charge is 0.168 e. The van der Waals surface area contributed by atoms with Gasteiger partial charge in [-0.2, -0.15) is 0 Å². The van der Waals surface area contributed by atoms with Crippen molar-refractivity contribution in [3.8, 4) is 22.6 Å². The minimum absolute atomic E-state index is 0.409. The van der Waals surface area contributed by atoms with Crippen molar-refractivity contribution in [2.45, 2.75) is 0 Å². The van der Waals surface area contributed by atoms with Crippen LogP contribution in [0.4, 0.5) is 0 Å². The van der Waals surface area contributed by atoms with Crippen LogP contribution in [0, 0.1) is 0 Å². The molecule has 1 heterocycles. The number of methoxy groups -OCH3 is 2. The van der Waals surface area contributed by atoms with Crippen LogP contribution in [0.3, 0.4) is 0 Å². The number of ether oxygens (including phenoxy) is 2. The van der Waals surface area contributed by atoms with Crippen LogP contribution in [-0.4, -0.2) is 25.5 Å². The summed E-state index contributed by atoms with van der Waals surface area (Å²) in [6, 6.07) is 9.07. The lowest BCUT2D eigenvalue weighted by molar-refractivity contribution is 0.111. The van der Waals surface area contributed by atoms with Crippen LogP contribution in [0.5, 0.6) is 11.5 Å². The number of hydrogen-bond donors (Lipinski definition) is 0. The molecule has 0 atom stereocenters. The number of aromatic nitrogens is 1. The summed E-state index contributed by atoms with van der Waals surface area (Å²) in [4.78, 5) is 14.6. The fraction of sp³-hybridized carbons (Fsp3) is 0.143. The molecular formula is C14H13NO3. The number of pyridine rings is 1. The van der Waals surface area contributed by atoms with E-state index in [1.54, 1.807) is 26.5 Å². The molecule has 0 spiro atoms. The van der Waals surface area contributed by atoms with Crippen molar-refractivity contribution in [1.82, 2.24) is 4.98 Å². The summed E-state index contributed by atoms with van der Waals surface area (Å²) in [5.74, 6) is 1.43. The summed E-state index contributed by atoms with van der Waals surface area (Å²) in [7, 11) is 3.21. The maximum Gasteiger partial charge on any atom is 0.168 e. The molecule has 2 aromatic rings. The van der Waals surface area contributed by atoms with E-state index in [0.717, 1.165) is 23.2 Å². The highest BCUT2D eigenvalue weighted by Gasteiger charge is 2.07. The Balaban J connectivity index is 2.45. The fourth-order valence-corrected chi connectivity index (χ4v) is 1.67. The van der Waals surface area contributed by atoms with Gasteiger partial charge < -0.3 is 9.47 Å². The average molecular weight is 243 g/mol. The second kappa shape index (κ2) is 5.31. The van der Waals surface area contributed by atoms with Gasteiger partial charge in [0.25, 0.3) is 0 Å². The highest BCUT2D eigenvalue weighted by Crippen LogP contribution is 2.32. The Labute approximate surface area is 105 Å². The zero-order valence-corrected chi connectivity index (χ0v) is 10.2. The lowest BCUT2D eigenvalue weighted by Crippen LogP contribution is -1.92. The van der Waals surface area contributed by atoms with Gasteiger partial charge in [0.2, 0.25) is 0 Å². The largest absolute Gasteiger partial charge is 0.497 e. The van der Waals surface area contributed by atoms with Gasteiger partial charge in [-0.1, -0.05) is 6.07 Å². The molecule has 0 bridgehead atoms. The first-order chi connectivity index (χ1) is 8.78. The van der Waals surface area contributed by atoms with E-state index < -0.39 is 0 Å². The van der Waals surface area contributed by atoms with E-state index in [-0.39, 0.29) is 0 Å². The highest BCUT2D eigenvalue weighted by molar-refractivity contribution is 5.75. The molecular weight excluding hydrogens is 230 g/mol. The van der Waals surface area contributed by atoms with Crippen molar-refractivity contribution in [3.63, 3.8) is 0 Å². The van der Waals surface area contributed by atoms with Crippen LogP contribution in [0.1, 0.15) is 10.5 Å². The first kappa shape index (κ1) is 12.1. The van der Waals surface area contributed by atoms with E-state index in [4.69, 9.17) is 9.47 Å². The van der Waals surface area contributed by atoms with Crippen LogP contribution in [0.25, 0.3) is 11.1 Å². The van der Waals surface area contributed by atoms with Gasteiger partial charge in [-0.05, 0) is 18.2 Å². The van der Waals surface area contributed by atoms with E-state index in [1.807, 2.05) is 24.3 Å². The van der Waals surface area contributed by atoms with Crippen LogP contribution < -0.4 is 9.47 Å². The minimum atomic E-state index is 0.409. The molecule has 1 aromatic carbocycles. The summed E-state index contributed by atoms with van der Waals surface area (Å²) in [6.07, 6.45) is 2.36. The molecule has 0 aliphatic carbocycles. The van der Waals surface area contributed by atoms with E-state index in [9.17, 15) is 4.79 Å². The van der Waals surface area contributed by atoms with E-state index >= 15 is 0 Å². The van der Waals surface area contributed by atoms with Crippen molar-refractivity contribution in [2.75, 3.05) is 14.2 Å². The van der Waals surface area contributed by atoms with Gasteiger partial charge in [0.1, 0.15) is 17.2 Å². The van der Waals surface area contributed by atoms with Crippen molar-refractivity contribution < 1.29 is 14.3 Å². The monoisotopic (exact) mass is 243 g/mol. The Bertz CT molecular complexity index is 549. The number of carbonyl (C=O) groups excluding carboxylic acids is 1. The first-order valence-corrected chi connectivity index (χ1v) is 5.42. The molecule has 0 N–H and O–H groups in total. The van der Waals surface area contributed by atoms with E-state index in [2.05, 4.69) is 4.98 Å². The molecule has 0 fully saturated rings. The van der Waals surface area contributed by atoms with Gasteiger partial charge >= 0.3 is 0 Å². The molecule has 0 unspecified atom stereocenters. The van der Waals surface area contributed by atoms with E-state index in [1.165, 1.54) is 0 Å². The number of rotatable bonds is 4. The summed E-state index contributed by atoms with van der Waals surface area (Å²) in [5, 5.41) is 0. The standard InChI is InChI=1S/C14H13NO3/c1-17-12-5-6-13(14(7-12)18-2)10-3-4-11(9-16)15-8-10/h3-9H,1-2H3. The summed E-state index contributed by atoms with van der Waals surface area (Å²) < 4.78 is 10.5. The van der Waals surface area contributed by atoms with Crippen LogP contribution in [0.2, 0.25) is 0 Å². The first-order valence-electron chi connectivity index (χ1n) is 5.42. The Morgan fingerprint density at radius 1 is 1.11 bits per heavy atom. The number of aldehydes is 1. The average Bonchev–Trinajstić information content (AvgIpc) is 2.46. The van der Waals surface area contributed by atoms with Gasteiger partial charge in [-0.25, -0.2) is 0 Å². The molecule has 92 valence electrons. The number of carbonyl (C=O) groups is 1. The molecule has 0 saturated heterocycles. The molecule has 18 heavy (non-hydrogen) atoms. The van der Waals surface area contributed by atoms with Crippen molar-refractivity contribution in [1.29, 1.82) is 0 Å². The molecule has 0 amide bonds. The minimum Gasteiger partial charge on any atom is -0.497 e. The molecule has 2 rings (SSSR count). The molecule has 4 heteroatoms. The van der Waals surface area contributed by atoms with Gasteiger partial charge in [-0.15, -0.1) is 0 Å². The molecule has 0 radical (unpaired) electrons. The third-order valence-corrected chi connectivity index (χ3v) is 2.63. The number of hydrogen-bond acceptors (Lipinski definition) is 4. The Morgan fingerprint density at radius 2 is 1.94 bits per heavy atom. The van der Waals surface area contributed by atoms with Gasteiger partial charge in [0.15, 0.2) is 6.29 Å². The molecule has 0 saturated carbocycles. The SMILES string of the molecule is COc1ccc(-c2ccc(C=O)nc2)c(OC)c1. The predicted molar refractivity (Wildman–Crippen MR) is 68.2 cm³/mol. The lowest BCUT2D eigenvalue weighted by Gasteiger charge is -2.10. The number of benzene rings is 1. The van der Waals surface area contributed by atoms with E-state index in [0.29, 0.717) is 11.4 Å². The maximum atomic E-state index is 10.6. The predicted octanol–water partition coefficient (Wildman–Crippen LogP) is 2.58. The Morgan fingerprint density at radius 3 is 2.50 bits per heavy atom. The topological polar surface area (TPSA) is 48.4 Å². The quantitative estimate of drug-likeness (QED) is 0.774. The van der Waals surface area contributed by atoms with Gasteiger partial charge in [-0.3, -0.25) is 9.78 Å². The third-order valence-electron chi connectivity index (χ3n) is 2.63. The second-order valence-corrected chi connectivity index (χ2v) is 3.66. The second-order valence-electron chi connectivity index (χ2n) is 3.66. The van der Waals surface area contributed by atoms with Crippen molar-refractivity contribution >= 4 is 6.29 Å². The van der Waals surface area contributed by atoms with Crippen LogP contribution in [0.15, 0.2) is 36.5 Å². The zero-order chi connectivity index (χ0) is 13.0. The molecule has 1 aromatic heterocycles. The fourth-order valence-electron chi connectivity index (χ4n) is 1.67. The summed E-state index contributed by atoms with van der Waals surface area (Å²) in [5.41, 5.74) is 2.20. The van der Waals surface area contributed by atoms with Crippen molar-refractivity contribution in [2.24, 2.45) is 0 Å². The molecule has 0 aliphatic rings.